The molecule has 2 aliphatic heterocycles. The molecule has 0 unspecified atom stereocenters. The average Bonchev–Trinajstić information content (AvgIpc) is 2.60. The summed E-state index contributed by atoms with van der Waals surface area (Å²) in [6.45, 7) is 4.90. The van der Waals surface area contributed by atoms with E-state index in [0.717, 1.165) is 31.6 Å². The zero-order valence-corrected chi connectivity index (χ0v) is 16.0. The summed E-state index contributed by atoms with van der Waals surface area (Å²) in [4.78, 5) is 15.7. The fraction of sp³-hybridized carbons (Fsp3) is 0.588. The summed E-state index contributed by atoms with van der Waals surface area (Å²) in [5, 5.41) is 0. The van der Waals surface area contributed by atoms with E-state index in [9.17, 15) is 13.2 Å². The number of alkyl halides is 1. The Balaban J connectivity index is 1.63. The Morgan fingerprint density at radius 3 is 2.48 bits per heavy atom. The fourth-order valence-electron chi connectivity index (χ4n) is 3.46. The minimum absolute atomic E-state index is 0.00374. The molecule has 0 radical (unpaired) electrons. The molecule has 1 amide bonds. The minimum Gasteiger partial charge on any atom is -0.339 e. The van der Waals surface area contributed by atoms with Crippen LogP contribution in [0, 0.1) is 0 Å². The second-order valence-electron chi connectivity index (χ2n) is 6.74. The van der Waals surface area contributed by atoms with Crippen molar-refractivity contribution in [2.45, 2.75) is 19.5 Å². The molecular formula is C17H24ClN3O3S. The van der Waals surface area contributed by atoms with E-state index in [1.807, 2.05) is 0 Å². The fourth-order valence-corrected chi connectivity index (χ4v) is 4.43. The molecule has 138 valence electrons. The molecule has 0 bridgehead atoms. The molecule has 0 aromatic heterocycles. The van der Waals surface area contributed by atoms with Crippen LogP contribution in [0.1, 0.15) is 16.7 Å². The Morgan fingerprint density at radius 2 is 1.84 bits per heavy atom. The van der Waals surface area contributed by atoms with Gasteiger partial charge in [0.15, 0.2) is 0 Å². The van der Waals surface area contributed by atoms with Crippen LogP contribution in [0.25, 0.3) is 0 Å². The molecule has 3 rings (SSSR count). The number of sulfonamides is 1. The van der Waals surface area contributed by atoms with Crippen molar-refractivity contribution in [3.05, 3.63) is 34.9 Å². The van der Waals surface area contributed by atoms with Crippen LogP contribution in [0.2, 0.25) is 0 Å². The van der Waals surface area contributed by atoms with E-state index in [2.05, 4.69) is 23.1 Å². The number of rotatable bonds is 4. The summed E-state index contributed by atoms with van der Waals surface area (Å²) in [5.74, 6) is 0.0396. The van der Waals surface area contributed by atoms with Crippen LogP contribution in [0.4, 0.5) is 0 Å². The zero-order chi connectivity index (χ0) is 18.0. The van der Waals surface area contributed by atoms with Crippen LogP contribution < -0.4 is 0 Å². The second kappa shape index (κ2) is 7.61. The third kappa shape index (κ3) is 4.53. The first-order valence-corrected chi connectivity index (χ1v) is 10.9. The number of carbonyl (C=O) groups is 1. The molecule has 0 saturated carbocycles. The van der Waals surface area contributed by atoms with E-state index in [1.165, 1.54) is 21.7 Å². The van der Waals surface area contributed by atoms with Crippen molar-refractivity contribution in [1.82, 2.24) is 14.1 Å². The van der Waals surface area contributed by atoms with Gasteiger partial charge in [-0.25, -0.2) is 8.42 Å². The van der Waals surface area contributed by atoms with Crippen LogP contribution in [-0.2, 0) is 34.3 Å². The van der Waals surface area contributed by atoms with E-state index < -0.39 is 10.0 Å². The maximum atomic E-state index is 11.8. The van der Waals surface area contributed by atoms with Gasteiger partial charge in [-0.1, -0.05) is 18.2 Å². The molecule has 1 fully saturated rings. The van der Waals surface area contributed by atoms with Crippen molar-refractivity contribution in [2.75, 3.05) is 44.9 Å². The molecule has 8 heteroatoms. The van der Waals surface area contributed by atoms with Crippen LogP contribution in [0.5, 0.6) is 0 Å². The van der Waals surface area contributed by atoms with Gasteiger partial charge >= 0.3 is 0 Å². The lowest BCUT2D eigenvalue weighted by Gasteiger charge is -2.34. The summed E-state index contributed by atoms with van der Waals surface area (Å²) >= 11 is 5.61. The third-order valence-corrected chi connectivity index (χ3v) is 6.44. The Bertz CT molecular complexity index is 746. The molecule has 1 saturated heterocycles. The van der Waals surface area contributed by atoms with Gasteiger partial charge in [0, 0.05) is 45.8 Å². The van der Waals surface area contributed by atoms with Gasteiger partial charge in [0.1, 0.15) is 5.88 Å². The highest BCUT2D eigenvalue weighted by molar-refractivity contribution is 7.88. The van der Waals surface area contributed by atoms with Gasteiger partial charge in [-0.15, -0.1) is 11.6 Å². The van der Waals surface area contributed by atoms with Crippen molar-refractivity contribution in [3.63, 3.8) is 0 Å². The minimum atomic E-state index is -3.15. The van der Waals surface area contributed by atoms with Crippen LogP contribution in [0.15, 0.2) is 18.2 Å². The maximum Gasteiger partial charge on any atom is 0.237 e. The largest absolute Gasteiger partial charge is 0.339 e. The molecular weight excluding hydrogens is 362 g/mol. The first kappa shape index (κ1) is 18.6. The number of nitrogens with zero attached hydrogens (tertiary/aromatic N) is 3. The van der Waals surface area contributed by atoms with Gasteiger partial charge < -0.3 is 4.90 Å². The lowest BCUT2D eigenvalue weighted by Crippen LogP contribution is -2.48. The molecule has 0 N–H and O–H groups in total. The SMILES string of the molecule is CS(=O)(=O)N1CCc2ccc(CN3CCN(C(=O)CCl)CC3)cc2C1. The molecule has 1 aromatic carbocycles. The summed E-state index contributed by atoms with van der Waals surface area (Å²) in [6.07, 6.45) is 2.03. The second-order valence-corrected chi connectivity index (χ2v) is 8.99. The standard InChI is InChI=1S/C17H24ClN3O3S/c1-25(23,24)21-5-4-15-3-2-14(10-16(15)13-21)12-19-6-8-20(9-7-19)17(22)11-18/h2-3,10H,4-9,11-13H2,1H3. The lowest BCUT2D eigenvalue weighted by molar-refractivity contribution is -0.130. The van der Waals surface area contributed by atoms with Crippen LogP contribution in [-0.4, -0.2) is 73.3 Å². The van der Waals surface area contributed by atoms with E-state index in [0.29, 0.717) is 26.2 Å². The van der Waals surface area contributed by atoms with Crippen molar-refractivity contribution in [2.24, 2.45) is 0 Å². The number of hydrogen-bond acceptors (Lipinski definition) is 4. The molecule has 1 aromatic rings. The Kier molecular flexibility index (Phi) is 5.68. The van der Waals surface area contributed by atoms with Crippen molar-refractivity contribution >= 4 is 27.5 Å². The predicted molar refractivity (Wildman–Crippen MR) is 98.0 cm³/mol. The van der Waals surface area contributed by atoms with Gasteiger partial charge in [0.2, 0.25) is 15.9 Å². The van der Waals surface area contributed by atoms with Gasteiger partial charge in [0.25, 0.3) is 0 Å². The van der Waals surface area contributed by atoms with Gasteiger partial charge in [-0.3, -0.25) is 9.69 Å². The van der Waals surface area contributed by atoms with Gasteiger partial charge in [-0.05, 0) is 23.1 Å². The smallest absolute Gasteiger partial charge is 0.237 e. The van der Waals surface area contributed by atoms with Gasteiger partial charge in [0.05, 0.1) is 6.26 Å². The molecule has 0 spiro atoms. The van der Waals surface area contributed by atoms with Crippen molar-refractivity contribution in [1.29, 1.82) is 0 Å². The predicted octanol–water partition coefficient (Wildman–Crippen LogP) is 0.887. The Labute approximate surface area is 154 Å². The number of benzene rings is 1. The molecule has 0 atom stereocenters. The third-order valence-electron chi connectivity index (χ3n) is 4.96. The lowest BCUT2D eigenvalue weighted by atomic mass is 9.98. The molecule has 2 heterocycles. The summed E-state index contributed by atoms with van der Waals surface area (Å²) < 4.78 is 25.1. The number of carbonyl (C=O) groups excluding carboxylic acids is 1. The quantitative estimate of drug-likeness (QED) is 0.722. The highest BCUT2D eigenvalue weighted by atomic mass is 35.5. The average molecular weight is 386 g/mol. The number of amides is 1. The van der Waals surface area contributed by atoms with Crippen LogP contribution in [0.3, 0.4) is 0 Å². The molecule has 6 nitrogen and oxygen atoms in total. The van der Waals surface area contributed by atoms with Crippen molar-refractivity contribution < 1.29 is 13.2 Å². The van der Waals surface area contributed by atoms with Crippen molar-refractivity contribution in [3.8, 4) is 0 Å². The summed E-state index contributed by atoms with van der Waals surface area (Å²) in [7, 11) is -3.15. The first-order chi connectivity index (χ1) is 11.9. The maximum absolute atomic E-state index is 11.8. The monoisotopic (exact) mass is 385 g/mol. The van der Waals surface area contributed by atoms with Crippen LogP contribution >= 0.6 is 11.6 Å². The zero-order valence-electron chi connectivity index (χ0n) is 14.4. The van der Waals surface area contributed by atoms with E-state index in [4.69, 9.17) is 11.6 Å². The molecule has 25 heavy (non-hydrogen) atoms. The molecule has 0 aliphatic carbocycles. The van der Waals surface area contributed by atoms with Gasteiger partial charge in [-0.2, -0.15) is 4.31 Å². The Morgan fingerprint density at radius 1 is 1.12 bits per heavy atom. The van der Waals surface area contributed by atoms with E-state index in [-0.39, 0.29) is 11.8 Å². The number of hydrogen-bond donors (Lipinski definition) is 0. The Hall–Kier alpha value is -1.15. The summed E-state index contributed by atoms with van der Waals surface area (Å²) in [6, 6.07) is 6.38. The number of halogens is 1. The number of piperazine rings is 1. The summed E-state index contributed by atoms with van der Waals surface area (Å²) in [5.41, 5.74) is 3.53. The number of fused-ring (bicyclic) bond motifs is 1. The molecule has 2 aliphatic rings. The van der Waals surface area contributed by atoms with E-state index >= 15 is 0 Å². The topological polar surface area (TPSA) is 60.9 Å². The van der Waals surface area contributed by atoms with E-state index in [1.54, 1.807) is 4.90 Å². The highest BCUT2D eigenvalue weighted by Gasteiger charge is 2.24. The highest BCUT2D eigenvalue weighted by Crippen LogP contribution is 2.23. The normalized spacial score (nSPS) is 19.7. The first-order valence-electron chi connectivity index (χ1n) is 8.48.